The first-order valence-corrected chi connectivity index (χ1v) is 2.98. The van der Waals surface area contributed by atoms with Gasteiger partial charge in [-0.3, -0.25) is 4.72 Å². The number of nitrogens with one attached hydrogen (secondary N) is 1. The summed E-state index contributed by atoms with van der Waals surface area (Å²) in [6, 6.07) is 0. The quantitative estimate of drug-likeness (QED) is 0.181. The molecule has 3 N–H and O–H groups in total. The standard InChI is InChI=1S/C2H6N4OS/c1-8-5-2(3)4-6-7/h1H3,(H3,3,4,5,7). The Kier molecular flexibility index (Phi) is 3.95. The van der Waals surface area contributed by atoms with Crippen LogP contribution in [0.3, 0.4) is 0 Å². The van der Waals surface area contributed by atoms with E-state index in [2.05, 4.69) is 15.1 Å². The van der Waals surface area contributed by atoms with E-state index in [1.165, 1.54) is 11.9 Å². The molecule has 0 radical (unpaired) electrons. The summed E-state index contributed by atoms with van der Waals surface area (Å²) < 4.78 is 2.50. The van der Waals surface area contributed by atoms with Crippen LogP contribution in [-0.2, 0) is 0 Å². The fraction of sp³-hybridized carbons (Fsp3) is 0.500. The van der Waals surface area contributed by atoms with Gasteiger partial charge in [0.15, 0.2) is 0 Å². The molecule has 0 aliphatic carbocycles. The van der Waals surface area contributed by atoms with Crippen molar-refractivity contribution in [3.8, 4) is 0 Å². The van der Waals surface area contributed by atoms with Crippen molar-refractivity contribution in [2.75, 3.05) is 6.26 Å². The van der Waals surface area contributed by atoms with Gasteiger partial charge in [-0.05, 0) is 0 Å². The number of nitroso groups, excluding NO2 is 1. The SMILES string of the molecule is CSNC(N)=NN=O. The summed E-state index contributed by atoms with van der Waals surface area (Å²) in [7, 11) is 0. The first-order valence-electron chi connectivity index (χ1n) is 1.76. The molecule has 5 nitrogen and oxygen atoms in total. The molecule has 0 aliphatic rings. The van der Waals surface area contributed by atoms with Crippen molar-refractivity contribution in [1.82, 2.24) is 4.72 Å². The second-order valence-corrected chi connectivity index (χ2v) is 1.49. The van der Waals surface area contributed by atoms with Crippen LogP contribution in [0.15, 0.2) is 10.4 Å². The van der Waals surface area contributed by atoms with Crippen molar-refractivity contribution in [1.29, 1.82) is 0 Å². The molecular formula is C2H6N4OS. The molecule has 0 saturated heterocycles. The molecule has 8 heavy (non-hydrogen) atoms. The number of hydrogen-bond donors (Lipinski definition) is 2. The molecule has 6 heteroatoms. The van der Waals surface area contributed by atoms with Gasteiger partial charge >= 0.3 is 0 Å². The highest BCUT2D eigenvalue weighted by Crippen LogP contribution is 1.79. The van der Waals surface area contributed by atoms with Gasteiger partial charge in [0, 0.05) is 6.26 Å². The number of rotatable bonds is 2. The van der Waals surface area contributed by atoms with Crippen LogP contribution < -0.4 is 10.5 Å². The van der Waals surface area contributed by atoms with Crippen LogP contribution in [0.5, 0.6) is 0 Å². The lowest BCUT2D eigenvalue weighted by Gasteiger charge is -1.93. The first kappa shape index (κ1) is 7.22. The molecule has 0 aliphatic heterocycles. The van der Waals surface area contributed by atoms with E-state index in [4.69, 9.17) is 5.73 Å². The average Bonchev–Trinajstić information content (AvgIpc) is 1.68. The Morgan fingerprint density at radius 3 is 2.88 bits per heavy atom. The van der Waals surface area contributed by atoms with E-state index in [0.717, 1.165) is 0 Å². The number of guanidine groups is 1. The fourth-order valence-corrected chi connectivity index (χ4v) is 0.419. The van der Waals surface area contributed by atoms with Crippen LogP contribution >= 0.6 is 11.9 Å². The smallest absolute Gasteiger partial charge is 0.227 e. The van der Waals surface area contributed by atoms with E-state index in [1.807, 2.05) is 0 Å². The van der Waals surface area contributed by atoms with Gasteiger partial charge in [0.2, 0.25) is 5.96 Å². The third-order valence-corrected chi connectivity index (χ3v) is 0.768. The van der Waals surface area contributed by atoms with Crippen LogP contribution in [0.25, 0.3) is 0 Å². The van der Waals surface area contributed by atoms with E-state index < -0.39 is 0 Å². The molecule has 0 aromatic rings. The Labute approximate surface area is 50.8 Å². The second kappa shape index (κ2) is 4.38. The largest absolute Gasteiger partial charge is 0.368 e. The van der Waals surface area contributed by atoms with E-state index in [-0.39, 0.29) is 5.96 Å². The van der Waals surface area contributed by atoms with E-state index in [9.17, 15) is 4.91 Å². The highest BCUT2D eigenvalue weighted by atomic mass is 32.2. The minimum atomic E-state index is 0.0208. The van der Waals surface area contributed by atoms with Crippen molar-refractivity contribution in [2.24, 2.45) is 16.1 Å². The maximum atomic E-state index is 9.32. The van der Waals surface area contributed by atoms with Crippen LogP contribution in [0.1, 0.15) is 0 Å². The predicted octanol–water partition coefficient (Wildman–Crippen LogP) is -0.150. The molecule has 0 amide bonds. The molecular weight excluding hydrogens is 128 g/mol. The van der Waals surface area contributed by atoms with Gasteiger partial charge in [-0.25, -0.2) is 0 Å². The Balaban J connectivity index is 3.44. The lowest BCUT2D eigenvalue weighted by molar-refractivity contribution is 1.17. The second-order valence-electron chi connectivity index (χ2n) is 0.873. The minimum absolute atomic E-state index is 0.0208. The molecule has 0 rings (SSSR count). The summed E-state index contributed by atoms with van der Waals surface area (Å²) >= 11 is 1.24. The van der Waals surface area contributed by atoms with Crippen molar-refractivity contribution in [3.63, 3.8) is 0 Å². The predicted molar refractivity (Wildman–Crippen MR) is 34.1 cm³/mol. The monoisotopic (exact) mass is 134 g/mol. The molecule has 0 saturated carbocycles. The summed E-state index contributed by atoms with van der Waals surface area (Å²) in [5.41, 5.74) is 5.02. The minimum Gasteiger partial charge on any atom is -0.368 e. The molecule has 46 valence electrons. The lowest BCUT2D eigenvalue weighted by atomic mass is 11.1. The third kappa shape index (κ3) is 3.41. The Bertz CT molecular complexity index is 102. The summed E-state index contributed by atoms with van der Waals surface area (Å²) in [4.78, 5) is 9.32. The van der Waals surface area contributed by atoms with Crippen LogP contribution in [0, 0.1) is 4.91 Å². The van der Waals surface area contributed by atoms with Crippen LogP contribution in [-0.4, -0.2) is 12.2 Å². The van der Waals surface area contributed by atoms with Crippen LogP contribution in [0.2, 0.25) is 0 Å². The number of nitrogens with zero attached hydrogens (tertiary/aromatic N) is 2. The molecule has 0 aromatic carbocycles. The summed E-state index contributed by atoms with van der Waals surface area (Å²) in [6.07, 6.45) is 1.76. The van der Waals surface area contributed by atoms with Crippen LogP contribution in [0.4, 0.5) is 0 Å². The first-order chi connectivity index (χ1) is 3.81. The molecule has 0 heterocycles. The molecule has 0 aromatic heterocycles. The zero-order chi connectivity index (χ0) is 6.41. The number of nitrogens with two attached hydrogens (primary N) is 1. The maximum Gasteiger partial charge on any atom is 0.227 e. The fourth-order valence-electron chi connectivity index (χ4n) is 0.169. The molecule has 0 atom stereocenters. The van der Waals surface area contributed by atoms with Crippen molar-refractivity contribution in [2.45, 2.75) is 0 Å². The molecule has 0 unspecified atom stereocenters. The van der Waals surface area contributed by atoms with Gasteiger partial charge in [0.25, 0.3) is 0 Å². The van der Waals surface area contributed by atoms with Gasteiger partial charge in [-0.2, -0.15) is 0 Å². The van der Waals surface area contributed by atoms with Gasteiger partial charge < -0.3 is 5.73 Å². The molecule has 0 spiro atoms. The van der Waals surface area contributed by atoms with Crippen molar-refractivity contribution >= 4 is 17.9 Å². The van der Waals surface area contributed by atoms with E-state index >= 15 is 0 Å². The molecule has 0 bridgehead atoms. The summed E-state index contributed by atoms with van der Waals surface area (Å²) in [6.45, 7) is 0. The highest BCUT2D eigenvalue weighted by Gasteiger charge is 1.83. The Hall–Kier alpha value is -0.780. The zero-order valence-electron chi connectivity index (χ0n) is 4.29. The van der Waals surface area contributed by atoms with Crippen molar-refractivity contribution in [3.05, 3.63) is 4.91 Å². The Morgan fingerprint density at radius 2 is 2.50 bits per heavy atom. The van der Waals surface area contributed by atoms with E-state index in [0.29, 0.717) is 0 Å². The summed E-state index contributed by atoms with van der Waals surface area (Å²) in [5.74, 6) is 0.0208. The van der Waals surface area contributed by atoms with Crippen molar-refractivity contribution < 1.29 is 0 Å². The van der Waals surface area contributed by atoms with E-state index in [1.54, 1.807) is 6.26 Å². The lowest BCUT2D eigenvalue weighted by Crippen LogP contribution is -2.24. The zero-order valence-corrected chi connectivity index (χ0v) is 5.10. The number of hydrogen-bond acceptors (Lipinski definition) is 3. The Morgan fingerprint density at radius 1 is 1.88 bits per heavy atom. The highest BCUT2D eigenvalue weighted by molar-refractivity contribution is 7.97. The van der Waals surface area contributed by atoms with Gasteiger partial charge in [-0.1, -0.05) is 17.0 Å². The summed E-state index contributed by atoms with van der Waals surface area (Å²) in [5, 5.41) is 5.14. The maximum absolute atomic E-state index is 9.32. The third-order valence-electron chi connectivity index (χ3n) is 0.355. The normalized spacial score (nSPS) is 10.9. The van der Waals surface area contributed by atoms with Gasteiger partial charge in [0.05, 0.1) is 5.29 Å². The molecule has 0 fully saturated rings. The average molecular weight is 134 g/mol. The topological polar surface area (TPSA) is 79.8 Å². The van der Waals surface area contributed by atoms with Gasteiger partial charge in [-0.15, -0.1) is 4.91 Å². The van der Waals surface area contributed by atoms with Gasteiger partial charge in [0.1, 0.15) is 0 Å².